The Bertz CT molecular complexity index is 389. The normalized spacial score (nSPS) is 17.9. The summed E-state index contributed by atoms with van der Waals surface area (Å²) in [5.74, 6) is 0.808. The van der Waals surface area contributed by atoms with Crippen LogP contribution in [0, 0.1) is 0 Å². The van der Waals surface area contributed by atoms with E-state index in [9.17, 15) is 0 Å². The third-order valence-corrected chi connectivity index (χ3v) is 3.91. The van der Waals surface area contributed by atoms with Gasteiger partial charge in [-0.3, -0.25) is 0 Å². The standard InChI is InChI=1S/C14H21ClN2O/c1-17-7-5-12(6-8-17)16-10-11-3-4-13(18-2)9-14(11)15/h3-4,9,12,16H,5-8,10H2,1-2H3. The molecule has 0 aliphatic carbocycles. The topological polar surface area (TPSA) is 24.5 Å². The molecular weight excluding hydrogens is 248 g/mol. The number of benzene rings is 1. The molecule has 1 aromatic rings. The van der Waals surface area contributed by atoms with Crippen molar-refractivity contribution in [3.63, 3.8) is 0 Å². The first-order valence-corrected chi connectivity index (χ1v) is 6.81. The van der Waals surface area contributed by atoms with Crippen LogP contribution >= 0.6 is 11.6 Å². The highest BCUT2D eigenvalue weighted by molar-refractivity contribution is 6.31. The van der Waals surface area contributed by atoms with E-state index in [1.807, 2.05) is 18.2 Å². The zero-order valence-corrected chi connectivity index (χ0v) is 11.8. The molecule has 18 heavy (non-hydrogen) atoms. The average molecular weight is 269 g/mol. The Morgan fingerprint density at radius 3 is 2.72 bits per heavy atom. The molecule has 1 aromatic carbocycles. The number of methoxy groups -OCH3 is 1. The van der Waals surface area contributed by atoms with Crippen LogP contribution in [-0.4, -0.2) is 38.2 Å². The molecule has 0 aromatic heterocycles. The van der Waals surface area contributed by atoms with Gasteiger partial charge in [0.05, 0.1) is 7.11 Å². The molecule has 2 rings (SSSR count). The van der Waals surface area contributed by atoms with E-state index in [0.29, 0.717) is 6.04 Å². The van der Waals surface area contributed by atoms with Gasteiger partial charge < -0.3 is 15.0 Å². The van der Waals surface area contributed by atoms with Crippen molar-refractivity contribution in [3.8, 4) is 5.75 Å². The first kappa shape index (κ1) is 13.7. The molecule has 100 valence electrons. The third-order valence-electron chi connectivity index (χ3n) is 3.56. The lowest BCUT2D eigenvalue weighted by Gasteiger charge is -2.29. The van der Waals surface area contributed by atoms with Crippen molar-refractivity contribution in [1.82, 2.24) is 10.2 Å². The molecule has 0 radical (unpaired) electrons. The van der Waals surface area contributed by atoms with Gasteiger partial charge in [-0.25, -0.2) is 0 Å². The van der Waals surface area contributed by atoms with Crippen LogP contribution in [0.3, 0.4) is 0 Å². The monoisotopic (exact) mass is 268 g/mol. The second kappa shape index (κ2) is 6.41. The van der Waals surface area contributed by atoms with E-state index in [-0.39, 0.29) is 0 Å². The second-order valence-electron chi connectivity index (χ2n) is 4.92. The van der Waals surface area contributed by atoms with Crippen molar-refractivity contribution in [3.05, 3.63) is 28.8 Å². The Kier molecular flexibility index (Phi) is 4.87. The van der Waals surface area contributed by atoms with Gasteiger partial charge in [-0.2, -0.15) is 0 Å². The quantitative estimate of drug-likeness (QED) is 0.908. The molecule has 0 amide bonds. The Labute approximate surface area is 114 Å². The number of ether oxygens (including phenoxy) is 1. The predicted octanol–water partition coefficient (Wildman–Crippen LogP) is 2.53. The summed E-state index contributed by atoms with van der Waals surface area (Å²) in [6, 6.07) is 6.47. The maximum Gasteiger partial charge on any atom is 0.120 e. The zero-order valence-electron chi connectivity index (χ0n) is 11.1. The van der Waals surface area contributed by atoms with Gasteiger partial charge in [0.2, 0.25) is 0 Å². The summed E-state index contributed by atoms with van der Waals surface area (Å²) in [4.78, 5) is 2.37. The summed E-state index contributed by atoms with van der Waals surface area (Å²) in [5.41, 5.74) is 1.14. The summed E-state index contributed by atoms with van der Waals surface area (Å²) >= 11 is 6.22. The minimum Gasteiger partial charge on any atom is -0.497 e. The lowest BCUT2D eigenvalue weighted by Crippen LogP contribution is -2.40. The van der Waals surface area contributed by atoms with Gasteiger partial charge in [0, 0.05) is 17.6 Å². The molecule has 1 heterocycles. The van der Waals surface area contributed by atoms with Gasteiger partial charge in [-0.15, -0.1) is 0 Å². The summed E-state index contributed by atoms with van der Waals surface area (Å²) in [7, 11) is 3.83. The number of rotatable bonds is 4. The van der Waals surface area contributed by atoms with Crippen LogP contribution in [0.1, 0.15) is 18.4 Å². The SMILES string of the molecule is COc1ccc(CNC2CCN(C)CC2)c(Cl)c1. The fraction of sp³-hybridized carbons (Fsp3) is 0.571. The van der Waals surface area contributed by atoms with E-state index in [2.05, 4.69) is 17.3 Å². The van der Waals surface area contributed by atoms with E-state index in [1.165, 1.54) is 25.9 Å². The Hall–Kier alpha value is -0.770. The summed E-state index contributed by atoms with van der Waals surface area (Å²) in [5, 5.41) is 4.36. The molecule has 1 aliphatic rings. The fourth-order valence-corrected chi connectivity index (χ4v) is 2.50. The molecule has 0 unspecified atom stereocenters. The molecule has 4 heteroatoms. The predicted molar refractivity (Wildman–Crippen MR) is 75.4 cm³/mol. The van der Waals surface area contributed by atoms with Crippen LogP contribution in [0.2, 0.25) is 5.02 Å². The number of likely N-dealkylation sites (tertiary alicyclic amines) is 1. The Balaban J connectivity index is 1.86. The summed E-state index contributed by atoms with van der Waals surface area (Å²) in [6.07, 6.45) is 2.43. The molecule has 0 bridgehead atoms. The van der Waals surface area contributed by atoms with E-state index in [1.54, 1.807) is 7.11 Å². The van der Waals surface area contributed by atoms with Gasteiger partial charge in [-0.05, 0) is 50.7 Å². The van der Waals surface area contributed by atoms with E-state index < -0.39 is 0 Å². The maximum atomic E-state index is 6.22. The van der Waals surface area contributed by atoms with Crippen molar-refractivity contribution in [2.45, 2.75) is 25.4 Å². The Morgan fingerprint density at radius 2 is 2.11 bits per heavy atom. The third kappa shape index (κ3) is 3.61. The number of halogens is 1. The van der Waals surface area contributed by atoms with Crippen molar-refractivity contribution in [2.24, 2.45) is 0 Å². The van der Waals surface area contributed by atoms with Gasteiger partial charge in [0.15, 0.2) is 0 Å². The smallest absolute Gasteiger partial charge is 0.120 e. The second-order valence-corrected chi connectivity index (χ2v) is 5.32. The first-order valence-electron chi connectivity index (χ1n) is 6.43. The fourth-order valence-electron chi connectivity index (χ4n) is 2.27. The van der Waals surface area contributed by atoms with E-state index in [4.69, 9.17) is 16.3 Å². The molecule has 1 saturated heterocycles. The van der Waals surface area contributed by atoms with Crippen LogP contribution in [0.15, 0.2) is 18.2 Å². The Morgan fingerprint density at radius 1 is 1.39 bits per heavy atom. The zero-order chi connectivity index (χ0) is 13.0. The number of hydrogen-bond donors (Lipinski definition) is 1. The van der Waals surface area contributed by atoms with Gasteiger partial charge in [-0.1, -0.05) is 17.7 Å². The average Bonchev–Trinajstić information content (AvgIpc) is 2.39. The van der Waals surface area contributed by atoms with Crippen molar-refractivity contribution < 1.29 is 4.74 Å². The lowest BCUT2D eigenvalue weighted by molar-refractivity contribution is 0.234. The van der Waals surface area contributed by atoms with Crippen LogP contribution in [0.4, 0.5) is 0 Å². The highest BCUT2D eigenvalue weighted by Gasteiger charge is 2.16. The van der Waals surface area contributed by atoms with Gasteiger partial charge in [0.25, 0.3) is 0 Å². The van der Waals surface area contributed by atoms with Crippen LogP contribution in [0.25, 0.3) is 0 Å². The molecule has 1 N–H and O–H groups in total. The summed E-state index contributed by atoms with van der Waals surface area (Å²) in [6.45, 7) is 3.18. The minimum atomic E-state index is 0.611. The molecule has 0 atom stereocenters. The number of nitrogens with zero attached hydrogens (tertiary/aromatic N) is 1. The van der Waals surface area contributed by atoms with Crippen molar-refractivity contribution in [1.29, 1.82) is 0 Å². The summed E-state index contributed by atoms with van der Waals surface area (Å²) < 4.78 is 5.15. The molecule has 0 saturated carbocycles. The highest BCUT2D eigenvalue weighted by atomic mass is 35.5. The number of nitrogens with one attached hydrogen (secondary N) is 1. The minimum absolute atomic E-state index is 0.611. The lowest BCUT2D eigenvalue weighted by atomic mass is 10.1. The molecule has 0 spiro atoms. The maximum absolute atomic E-state index is 6.22. The van der Waals surface area contributed by atoms with Crippen molar-refractivity contribution >= 4 is 11.6 Å². The van der Waals surface area contributed by atoms with Crippen molar-refractivity contribution in [2.75, 3.05) is 27.2 Å². The van der Waals surface area contributed by atoms with Crippen LogP contribution in [0.5, 0.6) is 5.75 Å². The van der Waals surface area contributed by atoms with E-state index in [0.717, 1.165) is 22.9 Å². The molecule has 1 aliphatic heterocycles. The van der Waals surface area contributed by atoms with Crippen LogP contribution in [-0.2, 0) is 6.54 Å². The highest BCUT2D eigenvalue weighted by Crippen LogP contribution is 2.22. The number of hydrogen-bond acceptors (Lipinski definition) is 3. The number of piperidine rings is 1. The molecule has 1 fully saturated rings. The van der Waals surface area contributed by atoms with Crippen LogP contribution < -0.4 is 10.1 Å². The molecule has 3 nitrogen and oxygen atoms in total. The van der Waals surface area contributed by atoms with Gasteiger partial charge in [0.1, 0.15) is 5.75 Å². The largest absolute Gasteiger partial charge is 0.497 e. The van der Waals surface area contributed by atoms with E-state index >= 15 is 0 Å². The first-order chi connectivity index (χ1) is 8.69. The molecular formula is C14H21ClN2O. The van der Waals surface area contributed by atoms with Gasteiger partial charge >= 0.3 is 0 Å².